The number of hydrogen-bond donors (Lipinski definition) is 0. The number of carboxylic acid groups (broad SMARTS) is 1. The minimum atomic E-state index is -1.41. The molecular weight excluding hydrogens is 212 g/mol. The summed E-state index contributed by atoms with van der Waals surface area (Å²) in [4.78, 5) is 21.1. The average Bonchev–Trinajstić information content (AvgIpc) is 1.98. The van der Waals surface area contributed by atoms with Crippen LogP contribution in [0.15, 0.2) is 11.6 Å². The van der Waals surface area contributed by atoms with Crippen molar-refractivity contribution in [2.45, 2.75) is 13.3 Å². The minimum Gasteiger partial charge on any atom is -0.545 e. The van der Waals surface area contributed by atoms with Crippen LogP contribution in [0.25, 0.3) is 0 Å². The van der Waals surface area contributed by atoms with E-state index >= 15 is 0 Å². The Balaban J connectivity index is 4.48. The minimum absolute atomic E-state index is 0.0206. The molecule has 3 nitrogen and oxygen atoms in total. The van der Waals surface area contributed by atoms with Gasteiger partial charge in [-0.3, -0.25) is 4.79 Å². The molecule has 0 aliphatic rings. The Hall–Kier alpha value is -0.640. The van der Waals surface area contributed by atoms with Crippen molar-refractivity contribution in [1.82, 2.24) is 0 Å². The third kappa shape index (κ3) is 3.32. The van der Waals surface area contributed by atoms with Crippen molar-refractivity contribution in [3.63, 3.8) is 0 Å². The fourth-order valence-corrected chi connectivity index (χ4v) is 0.889. The van der Waals surface area contributed by atoms with Gasteiger partial charge in [0.1, 0.15) is 0 Å². The van der Waals surface area contributed by atoms with Crippen LogP contribution in [0.1, 0.15) is 13.3 Å². The van der Waals surface area contributed by atoms with Gasteiger partial charge in [-0.2, -0.15) is 0 Å². The number of rotatable bonds is 4. The molecule has 0 heterocycles. The summed E-state index contributed by atoms with van der Waals surface area (Å²) in [6.07, 6.45) is 1.86. The number of alkyl halides is 1. The molecule has 0 aromatic heterocycles. The van der Waals surface area contributed by atoms with Crippen LogP contribution >= 0.6 is 15.9 Å². The standard InChI is InChI=1S/C7H9BrO3/c1-2-3-5(7(10)11)6(9)4-8/h3H,2,4H2,1H3,(H,10,11)/p-1/b5-3-. The van der Waals surface area contributed by atoms with Crippen molar-refractivity contribution in [3.05, 3.63) is 11.6 Å². The molecule has 0 aliphatic heterocycles. The quantitative estimate of drug-likeness (QED) is 0.291. The molecule has 0 aromatic carbocycles. The third-order valence-corrected chi connectivity index (χ3v) is 1.56. The van der Waals surface area contributed by atoms with E-state index in [0.29, 0.717) is 6.42 Å². The lowest BCUT2D eigenvalue weighted by molar-refractivity contribution is -0.298. The van der Waals surface area contributed by atoms with Crippen molar-refractivity contribution in [1.29, 1.82) is 0 Å². The van der Waals surface area contributed by atoms with Crippen LogP contribution < -0.4 is 5.11 Å². The molecule has 11 heavy (non-hydrogen) atoms. The highest BCUT2D eigenvalue weighted by atomic mass is 79.9. The van der Waals surface area contributed by atoms with Crippen molar-refractivity contribution in [2.75, 3.05) is 5.33 Å². The van der Waals surface area contributed by atoms with Gasteiger partial charge in [0.2, 0.25) is 0 Å². The van der Waals surface area contributed by atoms with Gasteiger partial charge in [-0.15, -0.1) is 0 Å². The Morgan fingerprint density at radius 3 is 2.36 bits per heavy atom. The molecule has 0 rings (SSSR count). The lowest BCUT2D eigenvalue weighted by atomic mass is 10.1. The lowest BCUT2D eigenvalue weighted by Gasteiger charge is -2.03. The number of aliphatic carboxylic acids is 1. The van der Waals surface area contributed by atoms with Crippen molar-refractivity contribution in [3.8, 4) is 0 Å². The molecule has 0 fully saturated rings. The zero-order valence-corrected chi connectivity index (χ0v) is 7.68. The molecule has 0 spiro atoms. The summed E-state index contributed by atoms with van der Waals surface area (Å²) in [5.41, 5.74) is -0.246. The summed E-state index contributed by atoms with van der Waals surface area (Å²) in [5.74, 6) is -1.86. The molecule has 0 saturated carbocycles. The highest BCUT2D eigenvalue weighted by molar-refractivity contribution is 9.09. The van der Waals surface area contributed by atoms with Crippen LogP contribution in [0.5, 0.6) is 0 Å². The largest absolute Gasteiger partial charge is 0.545 e. The van der Waals surface area contributed by atoms with Gasteiger partial charge in [0.15, 0.2) is 5.78 Å². The summed E-state index contributed by atoms with van der Waals surface area (Å²) in [5, 5.41) is 10.3. The highest BCUT2D eigenvalue weighted by Crippen LogP contribution is 1.99. The summed E-state index contributed by atoms with van der Waals surface area (Å²) < 4.78 is 0. The van der Waals surface area contributed by atoms with E-state index in [2.05, 4.69) is 15.9 Å². The Morgan fingerprint density at radius 2 is 2.09 bits per heavy atom. The van der Waals surface area contributed by atoms with E-state index in [1.807, 2.05) is 0 Å². The fraction of sp³-hybridized carbons (Fsp3) is 0.429. The van der Waals surface area contributed by atoms with Crippen LogP contribution in [-0.2, 0) is 9.59 Å². The summed E-state index contributed by atoms with van der Waals surface area (Å²) in [6.45, 7) is 1.75. The van der Waals surface area contributed by atoms with Crippen molar-refractivity contribution >= 4 is 27.7 Å². The zero-order chi connectivity index (χ0) is 8.85. The number of carbonyl (C=O) groups excluding carboxylic acids is 2. The first-order valence-corrected chi connectivity index (χ1v) is 4.26. The molecule has 0 N–H and O–H groups in total. The van der Waals surface area contributed by atoms with Crippen molar-refractivity contribution in [2.24, 2.45) is 0 Å². The number of ketones is 1. The van der Waals surface area contributed by atoms with Gasteiger partial charge in [0.05, 0.1) is 11.3 Å². The van der Waals surface area contributed by atoms with Crippen LogP contribution in [0.4, 0.5) is 0 Å². The summed E-state index contributed by atoms with van der Waals surface area (Å²) in [7, 11) is 0. The van der Waals surface area contributed by atoms with Crippen molar-refractivity contribution < 1.29 is 14.7 Å². The molecule has 62 valence electrons. The number of carbonyl (C=O) groups is 2. The molecule has 0 atom stereocenters. The molecule has 0 bridgehead atoms. The number of hydrogen-bond acceptors (Lipinski definition) is 3. The zero-order valence-electron chi connectivity index (χ0n) is 6.09. The maximum atomic E-state index is 10.8. The number of Topliss-reactive ketones (excluding diaryl/α,β-unsaturated/α-hetero) is 1. The first-order valence-electron chi connectivity index (χ1n) is 3.14. The van der Waals surface area contributed by atoms with E-state index in [1.165, 1.54) is 6.08 Å². The summed E-state index contributed by atoms with van der Waals surface area (Å²) >= 11 is 2.87. The normalized spacial score (nSPS) is 11.3. The first-order chi connectivity index (χ1) is 5.13. The third-order valence-electron chi connectivity index (χ3n) is 1.05. The Bertz CT molecular complexity index is 196. The Labute approximate surface area is 73.2 Å². The topological polar surface area (TPSA) is 57.2 Å². The van der Waals surface area contributed by atoms with Gasteiger partial charge in [-0.25, -0.2) is 0 Å². The molecule has 0 saturated heterocycles. The smallest absolute Gasteiger partial charge is 0.174 e. The highest BCUT2D eigenvalue weighted by Gasteiger charge is 2.06. The van der Waals surface area contributed by atoms with Crippen LogP contribution in [0, 0.1) is 0 Å². The molecule has 0 unspecified atom stereocenters. The monoisotopic (exact) mass is 219 g/mol. The van der Waals surface area contributed by atoms with Gasteiger partial charge in [-0.1, -0.05) is 28.9 Å². The van der Waals surface area contributed by atoms with Gasteiger partial charge in [-0.05, 0) is 6.42 Å². The lowest BCUT2D eigenvalue weighted by Crippen LogP contribution is -2.29. The molecule has 0 radical (unpaired) electrons. The number of halogens is 1. The van der Waals surface area contributed by atoms with E-state index in [-0.39, 0.29) is 10.9 Å². The van der Waals surface area contributed by atoms with Gasteiger partial charge < -0.3 is 9.90 Å². The predicted molar refractivity (Wildman–Crippen MR) is 42.2 cm³/mol. The second kappa shape index (κ2) is 5.07. The number of allylic oxidation sites excluding steroid dienone is 1. The van der Waals surface area contributed by atoms with Crippen LogP contribution in [0.3, 0.4) is 0 Å². The second-order valence-electron chi connectivity index (χ2n) is 1.87. The fourth-order valence-electron chi connectivity index (χ4n) is 0.587. The average molecular weight is 220 g/mol. The van der Waals surface area contributed by atoms with E-state index in [1.54, 1.807) is 6.92 Å². The van der Waals surface area contributed by atoms with Gasteiger partial charge in [0.25, 0.3) is 0 Å². The van der Waals surface area contributed by atoms with E-state index in [9.17, 15) is 14.7 Å². The van der Waals surface area contributed by atoms with E-state index < -0.39 is 11.8 Å². The summed E-state index contributed by atoms with van der Waals surface area (Å²) in [6, 6.07) is 0. The first kappa shape index (κ1) is 10.4. The Kier molecular flexibility index (Phi) is 4.77. The van der Waals surface area contributed by atoms with Crippen LogP contribution in [-0.4, -0.2) is 17.1 Å². The Morgan fingerprint density at radius 1 is 1.55 bits per heavy atom. The SMILES string of the molecule is CC/C=C(\C(=O)[O-])C(=O)CBr. The van der Waals surface area contributed by atoms with E-state index in [0.717, 1.165) is 0 Å². The maximum absolute atomic E-state index is 10.8. The molecule has 0 amide bonds. The number of carboxylic acids is 1. The molecular formula is C7H8BrO3-. The van der Waals surface area contributed by atoms with Crippen LogP contribution in [0.2, 0.25) is 0 Å². The molecule has 0 aromatic rings. The maximum Gasteiger partial charge on any atom is 0.174 e. The van der Waals surface area contributed by atoms with E-state index in [4.69, 9.17) is 0 Å². The molecule has 4 heteroatoms. The predicted octanol–water partition coefficient (Wildman–Crippen LogP) is 0.0367. The van der Waals surface area contributed by atoms with Gasteiger partial charge in [0, 0.05) is 5.57 Å². The second-order valence-corrected chi connectivity index (χ2v) is 2.43. The molecule has 0 aliphatic carbocycles. The van der Waals surface area contributed by atoms with Gasteiger partial charge >= 0.3 is 0 Å².